The highest BCUT2D eigenvalue weighted by Crippen LogP contribution is 2.19. The number of carbonyl (C=O) groups excluding carboxylic acids is 11. The monoisotopic (exact) mass is 1720 g/mol. The third-order valence-electron chi connectivity index (χ3n) is 14.9. The van der Waals surface area contributed by atoms with E-state index in [1.54, 1.807) is 166 Å². The first-order valence-electron chi connectivity index (χ1n) is 38.1. The van der Waals surface area contributed by atoms with Gasteiger partial charge in [0.1, 0.15) is 58.7 Å². The van der Waals surface area contributed by atoms with Gasteiger partial charge < -0.3 is 89.8 Å². The van der Waals surface area contributed by atoms with E-state index < -0.39 is 185 Å². The topological polar surface area (TPSA) is 532 Å². The van der Waals surface area contributed by atoms with E-state index in [1.165, 1.54) is 74.8 Å². The first-order chi connectivity index (χ1) is 53.8. The third-order valence-corrected chi connectivity index (χ3v) is 14.9. The van der Waals surface area contributed by atoms with Crippen LogP contribution in [0.15, 0.2) is 5.11 Å². The lowest BCUT2D eigenvalue weighted by Gasteiger charge is -2.33. The SMILES string of the molecule is CCOC(=O)C(N=[N+]=[N-])[C@H](O)C(C)C.CCOC(=O)[C@H](N)[C@H](O)C(C)C.CCOC(=O)[C@H](NC(=O)[C@@H](C)N(C)C(=O)OC(C)(C)C)[C@H](O)C(C)C.CCOC(=O)[C@H](NC(=O)[C@@H](C)N(C)C(=O)[C@H](C)N(C)C(=O)OC(C)(C)C)[C@H](O)C(C)C.C[C@@H](C(=O)O)N(C)C(=O)OC(C)(C)C.C[C@H](C(=O)O)N(C)C(=O)OC(C)(C)C.S.[B]B([B])[B].[B][B].[B][B][B]. The van der Waals surface area contributed by atoms with Crippen LogP contribution >= 0.6 is 13.5 Å². The van der Waals surface area contributed by atoms with Crippen LogP contribution < -0.4 is 16.4 Å². The quantitative estimate of drug-likeness (QED) is 0.0130. The fourth-order valence-electron chi connectivity index (χ4n) is 7.35. The van der Waals surface area contributed by atoms with Crippen molar-refractivity contribution in [3.05, 3.63) is 10.4 Å². The van der Waals surface area contributed by atoms with Crippen molar-refractivity contribution in [1.29, 1.82) is 0 Å². The molecule has 0 bridgehead atoms. The number of aliphatic hydroxyl groups is 4. The van der Waals surface area contributed by atoms with Crippen molar-refractivity contribution in [2.75, 3.05) is 61.7 Å². The number of amides is 7. The minimum absolute atomic E-state index is 0. The summed E-state index contributed by atoms with van der Waals surface area (Å²) in [6, 6.07) is -9.08. The lowest BCUT2D eigenvalue weighted by molar-refractivity contribution is -0.153. The van der Waals surface area contributed by atoms with Gasteiger partial charge in [0.05, 0.1) is 50.8 Å². The van der Waals surface area contributed by atoms with E-state index in [1.807, 2.05) is 0 Å². The summed E-state index contributed by atoms with van der Waals surface area (Å²) < 4.78 is 39.6. The van der Waals surface area contributed by atoms with Gasteiger partial charge in [0.2, 0.25) is 17.7 Å². The summed E-state index contributed by atoms with van der Waals surface area (Å²) in [5, 5.41) is 64.9. The fourth-order valence-corrected chi connectivity index (χ4v) is 7.35. The molecule has 120 heavy (non-hydrogen) atoms. The number of likely N-dealkylation sites (N-methyl/N-ethyl adjacent to an activating group) is 5. The van der Waals surface area contributed by atoms with Gasteiger partial charge in [-0.05, 0) is 175 Å². The van der Waals surface area contributed by atoms with Gasteiger partial charge in [-0.1, -0.05) is 60.5 Å². The van der Waals surface area contributed by atoms with Crippen LogP contribution in [0, 0.1) is 23.7 Å². The molecule has 13 atom stereocenters. The molecule has 38 nitrogen and oxygen atoms in total. The normalized spacial score (nSPS) is 13.8. The highest BCUT2D eigenvalue weighted by molar-refractivity contribution is 7.59. The molecule has 0 aromatic rings. The Balaban J connectivity index is -0.000000153. The summed E-state index contributed by atoms with van der Waals surface area (Å²) in [5.41, 5.74) is 11.0. The van der Waals surface area contributed by atoms with Gasteiger partial charge in [-0.2, -0.15) is 13.5 Å². The van der Waals surface area contributed by atoms with Crippen LogP contribution in [0.5, 0.6) is 0 Å². The zero-order chi connectivity index (χ0) is 96.8. The first-order valence-corrected chi connectivity index (χ1v) is 38.1. The van der Waals surface area contributed by atoms with Crippen molar-refractivity contribution in [1.82, 2.24) is 35.1 Å². The average molecular weight is 1720 g/mol. The van der Waals surface area contributed by atoms with E-state index in [0.29, 0.717) is 0 Å². The molecular formula is C72H139B9N11O27S. The van der Waals surface area contributed by atoms with Crippen molar-refractivity contribution >= 4 is 159 Å². The van der Waals surface area contributed by atoms with Gasteiger partial charge in [0, 0.05) is 108 Å². The van der Waals surface area contributed by atoms with Crippen LogP contribution in [-0.2, 0) is 81.0 Å². The van der Waals surface area contributed by atoms with E-state index in [2.05, 4.69) is 84.3 Å². The van der Waals surface area contributed by atoms with Crippen molar-refractivity contribution in [3.63, 3.8) is 0 Å². The van der Waals surface area contributed by atoms with Gasteiger partial charge >= 0.3 is 60.2 Å². The highest BCUT2D eigenvalue weighted by atomic mass is 32.1. The number of nitrogens with one attached hydrogen (secondary N) is 2. The molecule has 0 aromatic carbocycles. The van der Waals surface area contributed by atoms with E-state index in [-0.39, 0.29) is 63.6 Å². The molecule has 0 saturated heterocycles. The van der Waals surface area contributed by atoms with Crippen LogP contribution in [0.4, 0.5) is 19.2 Å². The fraction of sp³-hybridized carbons (Fsp3) is 0.819. The molecular weight excluding hydrogens is 1580 g/mol. The molecule has 677 valence electrons. The molecule has 0 spiro atoms. The molecule has 0 saturated carbocycles. The number of azide groups is 1. The van der Waals surface area contributed by atoms with Crippen molar-refractivity contribution in [2.45, 2.75) is 302 Å². The molecule has 1 unspecified atom stereocenters. The Hall–Kier alpha value is -7.65. The summed E-state index contributed by atoms with van der Waals surface area (Å²) in [6.07, 6.45) is -7.36. The van der Waals surface area contributed by atoms with Crippen LogP contribution in [0.25, 0.3) is 10.4 Å². The lowest BCUT2D eigenvalue weighted by Crippen LogP contribution is -2.58. The molecule has 7 amide bonds. The number of carboxylic acid groups (broad SMARTS) is 2. The smallest absolute Gasteiger partial charge is 0.410 e. The molecule has 10 N–H and O–H groups in total. The van der Waals surface area contributed by atoms with Gasteiger partial charge in [-0.3, -0.25) is 43.6 Å². The molecule has 0 aliphatic carbocycles. The van der Waals surface area contributed by atoms with Crippen LogP contribution in [-0.4, -0.2) is 364 Å². The molecule has 0 fully saturated rings. The summed E-state index contributed by atoms with van der Waals surface area (Å²) in [7, 11) is 39.1. The molecule has 0 rings (SSSR count). The second-order valence-electron chi connectivity index (χ2n) is 31.2. The number of aliphatic hydroxyl groups excluding tert-OH is 4. The van der Waals surface area contributed by atoms with E-state index in [9.17, 15) is 82.8 Å². The number of carboxylic acids is 2. The van der Waals surface area contributed by atoms with Crippen molar-refractivity contribution in [3.8, 4) is 0 Å². The number of esters is 4. The number of nitrogens with two attached hydrogens (primary N) is 1. The predicted octanol–water partition coefficient (Wildman–Crippen LogP) is 2.94. The predicted molar refractivity (Wildman–Crippen MR) is 468 cm³/mol. The average Bonchev–Trinajstić information content (AvgIpc) is 0.832. The Morgan fingerprint density at radius 1 is 0.425 bits per heavy atom. The number of hydrogen-bond acceptors (Lipinski definition) is 27. The Bertz CT molecular complexity index is 2980. The summed E-state index contributed by atoms with van der Waals surface area (Å²) in [4.78, 5) is 161. The van der Waals surface area contributed by atoms with Gasteiger partial charge in [0.25, 0.3) is 0 Å². The minimum Gasteiger partial charge on any atom is -0.480 e. The second kappa shape index (κ2) is 67.9. The minimum atomic E-state index is -1.26. The van der Waals surface area contributed by atoms with E-state index in [0.717, 1.165) is 26.7 Å². The van der Waals surface area contributed by atoms with Gasteiger partial charge in [-0.15, -0.1) is 0 Å². The molecule has 0 aliphatic rings. The maximum atomic E-state index is 12.8. The Morgan fingerprint density at radius 3 is 0.858 bits per heavy atom. The Labute approximate surface area is 730 Å². The lowest BCUT2D eigenvalue weighted by atomic mass is 9.08. The third kappa shape index (κ3) is 64.2. The number of aliphatic carboxylic acids is 2. The largest absolute Gasteiger partial charge is 0.480 e. The Kier molecular flexibility index (Phi) is 75.2. The number of ether oxygens (including phenoxy) is 8. The molecule has 48 heteroatoms. The van der Waals surface area contributed by atoms with Crippen LogP contribution in [0.1, 0.15) is 201 Å². The summed E-state index contributed by atoms with van der Waals surface area (Å²) >= 11 is 0. The first kappa shape index (κ1) is 133. The van der Waals surface area contributed by atoms with E-state index in [4.69, 9.17) is 49.9 Å². The molecule has 0 aliphatic heterocycles. The summed E-state index contributed by atoms with van der Waals surface area (Å²) in [6.45, 7) is 49.2. The maximum absolute atomic E-state index is 12.8. The van der Waals surface area contributed by atoms with Crippen LogP contribution in [0.3, 0.4) is 0 Å². The second-order valence-corrected chi connectivity index (χ2v) is 31.2. The number of hydrogen-bond donors (Lipinski definition) is 9. The standard InChI is InChI=1S/C21H39N3O7.C17H32N2O6.2C9H17NO4.C8H15N3O3.C8H17NO3.B4.B3.B2.H2S/c1-11-30-19(28)15(16(25)12(2)3)22-17(26)13(4)23(9)18(27)14(5)24(10)20(29)31-21(6,7)8;1-9-24-15(22)12(13(20)10(2)3)18-14(21)11(4)19(8)16(23)25-17(5,6)7;2*1-6(7(11)12)10(5)8(13)14-9(2,3)4;1-4-14-8(13)6(10-11-9)7(12)5(2)3;1-4-12-8(11)6(9)7(10)5(2)3;1-4(2)3;1-3-2;1-2;/h12-16,25H,11H2,1-10H3,(H,22,26);10-13,20H,9H2,1-8H3,(H,18,21);2*6H,1-5H3,(H,11,12);5-7,12H,4H2,1-3H3;5-7,10H,4,9H2,1-3H3;;;;1H2/t13-,14+,15-,16-;11-,12-,13-;2*6-;6?,7-;6-,7-;;;;/m111011..../s1. The number of carbonyl (C=O) groups is 13. The Morgan fingerprint density at radius 2 is 0.642 bits per heavy atom. The highest BCUT2D eigenvalue weighted by Gasteiger charge is 2.39. The van der Waals surface area contributed by atoms with Crippen LogP contribution in [0.2, 0.25) is 0 Å². The molecule has 15 radical (unpaired) electrons. The zero-order valence-electron chi connectivity index (χ0n) is 77.3. The van der Waals surface area contributed by atoms with E-state index >= 15 is 0 Å². The van der Waals surface area contributed by atoms with Gasteiger partial charge in [0.15, 0.2) is 18.1 Å². The number of nitrogens with zero attached hydrogens (tertiary/aromatic N) is 8. The number of rotatable bonds is 29. The van der Waals surface area contributed by atoms with Gasteiger partial charge in [-0.25, -0.2) is 38.4 Å². The summed E-state index contributed by atoms with van der Waals surface area (Å²) in [5.74, 6) is -7.33. The zero-order valence-corrected chi connectivity index (χ0v) is 78.3. The molecule has 0 aromatic heterocycles. The van der Waals surface area contributed by atoms with Crippen molar-refractivity contribution in [2.24, 2.45) is 34.5 Å². The van der Waals surface area contributed by atoms with Crippen molar-refractivity contribution < 1.29 is 131 Å². The molecule has 0 heterocycles. The maximum Gasteiger partial charge on any atom is 0.410 e.